The van der Waals surface area contributed by atoms with Crippen LogP contribution in [0.15, 0.2) is 20.3 Å². The highest BCUT2D eigenvalue weighted by Crippen LogP contribution is 2.18. The Hall–Kier alpha value is 0.160. The SMILES string of the molecule is CC(C)C[S+]([O-])N=Cc1cc(Br)cs1. The molecule has 78 valence electrons. The van der Waals surface area contributed by atoms with Crippen LogP contribution >= 0.6 is 27.3 Å². The van der Waals surface area contributed by atoms with Crippen molar-refractivity contribution in [2.24, 2.45) is 10.3 Å². The summed E-state index contributed by atoms with van der Waals surface area (Å²) in [5, 5.41) is 1.98. The second-order valence-corrected chi connectivity index (χ2v) is 6.33. The summed E-state index contributed by atoms with van der Waals surface area (Å²) in [7, 11) is 0. The van der Waals surface area contributed by atoms with Crippen molar-refractivity contribution in [3.63, 3.8) is 0 Å². The summed E-state index contributed by atoms with van der Waals surface area (Å²) < 4.78 is 16.4. The van der Waals surface area contributed by atoms with Crippen LogP contribution in [0.5, 0.6) is 0 Å². The van der Waals surface area contributed by atoms with Crippen LogP contribution in [-0.2, 0) is 11.4 Å². The van der Waals surface area contributed by atoms with Gasteiger partial charge in [-0.25, -0.2) is 0 Å². The van der Waals surface area contributed by atoms with Crippen LogP contribution in [0.25, 0.3) is 0 Å². The van der Waals surface area contributed by atoms with E-state index in [0.29, 0.717) is 11.7 Å². The van der Waals surface area contributed by atoms with Gasteiger partial charge in [0.05, 0.1) is 22.5 Å². The second kappa shape index (κ2) is 5.90. The summed E-state index contributed by atoms with van der Waals surface area (Å²) in [5.41, 5.74) is 0. The zero-order valence-corrected chi connectivity index (χ0v) is 11.3. The third-order valence-electron chi connectivity index (χ3n) is 1.36. The van der Waals surface area contributed by atoms with Crippen LogP contribution in [0.3, 0.4) is 0 Å². The van der Waals surface area contributed by atoms with Crippen molar-refractivity contribution in [3.05, 3.63) is 20.8 Å². The van der Waals surface area contributed by atoms with E-state index in [4.69, 9.17) is 0 Å². The number of nitrogens with zero attached hydrogens (tertiary/aromatic N) is 1. The van der Waals surface area contributed by atoms with Crippen LogP contribution in [0.4, 0.5) is 0 Å². The standard InChI is InChI=1S/C9H12BrNOS2/c1-7(2)6-14(12)11-4-9-3-8(10)5-13-9/h3-5,7H,6H2,1-2H3. The monoisotopic (exact) mass is 293 g/mol. The molecule has 1 unspecified atom stereocenters. The van der Waals surface area contributed by atoms with E-state index < -0.39 is 11.4 Å². The maximum atomic E-state index is 11.3. The van der Waals surface area contributed by atoms with E-state index in [0.717, 1.165) is 9.35 Å². The molecule has 5 heteroatoms. The highest BCUT2D eigenvalue weighted by molar-refractivity contribution is 9.10. The third-order valence-corrected chi connectivity index (χ3v) is 4.28. The Morgan fingerprint density at radius 2 is 2.43 bits per heavy atom. The molecule has 1 heterocycles. The summed E-state index contributed by atoms with van der Waals surface area (Å²) in [5.74, 6) is 1.05. The first-order chi connectivity index (χ1) is 6.58. The molecule has 1 rings (SSSR count). The van der Waals surface area contributed by atoms with Gasteiger partial charge >= 0.3 is 0 Å². The number of rotatable bonds is 4. The predicted molar refractivity (Wildman–Crippen MR) is 67.5 cm³/mol. The minimum atomic E-state index is -1.08. The highest BCUT2D eigenvalue weighted by atomic mass is 79.9. The van der Waals surface area contributed by atoms with E-state index in [-0.39, 0.29) is 0 Å². The topological polar surface area (TPSA) is 35.4 Å². The van der Waals surface area contributed by atoms with Gasteiger partial charge in [0.1, 0.15) is 5.75 Å². The summed E-state index contributed by atoms with van der Waals surface area (Å²) >= 11 is 3.85. The molecular weight excluding hydrogens is 282 g/mol. The van der Waals surface area contributed by atoms with Gasteiger partial charge in [-0.1, -0.05) is 18.2 Å². The van der Waals surface area contributed by atoms with Crippen molar-refractivity contribution in [2.45, 2.75) is 13.8 Å². The van der Waals surface area contributed by atoms with Gasteiger partial charge in [0, 0.05) is 15.8 Å². The molecule has 1 aromatic rings. The first-order valence-electron chi connectivity index (χ1n) is 4.24. The minimum Gasteiger partial charge on any atom is -0.591 e. The Morgan fingerprint density at radius 3 is 2.93 bits per heavy atom. The molecule has 2 nitrogen and oxygen atoms in total. The molecule has 0 aromatic carbocycles. The van der Waals surface area contributed by atoms with E-state index in [1.165, 1.54) is 0 Å². The Balaban J connectivity index is 2.47. The van der Waals surface area contributed by atoms with Crippen LogP contribution in [-0.4, -0.2) is 16.5 Å². The summed E-state index contributed by atoms with van der Waals surface area (Å²) in [6.07, 6.45) is 1.67. The largest absolute Gasteiger partial charge is 0.591 e. The molecule has 0 radical (unpaired) electrons. The summed E-state index contributed by atoms with van der Waals surface area (Å²) in [6, 6.07) is 1.96. The van der Waals surface area contributed by atoms with Gasteiger partial charge in [0.15, 0.2) is 0 Å². The molecule has 0 aliphatic rings. The molecule has 0 amide bonds. The van der Waals surface area contributed by atoms with E-state index in [1.54, 1.807) is 17.6 Å². The normalized spacial score (nSPS) is 14.1. The second-order valence-electron chi connectivity index (χ2n) is 3.28. The molecule has 14 heavy (non-hydrogen) atoms. The lowest BCUT2D eigenvalue weighted by molar-refractivity contribution is 0.583. The number of hydrogen-bond donors (Lipinski definition) is 0. The molecule has 0 N–H and O–H groups in total. The van der Waals surface area contributed by atoms with Gasteiger partial charge in [-0.2, -0.15) is 0 Å². The Morgan fingerprint density at radius 1 is 1.71 bits per heavy atom. The van der Waals surface area contributed by atoms with Crippen LogP contribution in [0.1, 0.15) is 18.7 Å². The quantitative estimate of drug-likeness (QED) is 0.620. The fourth-order valence-corrected chi connectivity index (χ4v) is 3.09. The first-order valence-corrected chi connectivity index (χ1v) is 7.19. The number of halogens is 1. The molecule has 0 bridgehead atoms. The zero-order valence-electron chi connectivity index (χ0n) is 8.07. The summed E-state index contributed by atoms with van der Waals surface area (Å²) in [6.45, 7) is 4.07. The average Bonchev–Trinajstić information content (AvgIpc) is 2.47. The van der Waals surface area contributed by atoms with Crippen molar-refractivity contribution < 1.29 is 4.55 Å². The molecule has 0 aliphatic heterocycles. The van der Waals surface area contributed by atoms with Gasteiger partial charge in [-0.3, -0.25) is 0 Å². The molecule has 0 spiro atoms. The Labute approximate surface area is 99.9 Å². The fraction of sp³-hybridized carbons (Fsp3) is 0.444. The zero-order chi connectivity index (χ0) is 10.6. The summed E-state index contributed by atoms with van der Waals surface area (Å²) in [4.78, 5) is 1.02. The molecule has 1 atom stereocenters. The van der Waals surface area contributed by atoms with Gasteiger partial charge < -0.3 is 4.55 Å². The third kappa shape index (κ3) is 4.59. The van der Waals surface area contributed by atoms with E-state index in [1.807, 2.05) is 25.3 Å². The van der Waals surface area contributed by atoms with Crippen LogP contribution < -0.4 is 0 Å². The smallest absolute Gasteiger partial charge is 0.135 e. The maximum Gasteiger partial charge on any atom is 0.135 e. The molecule has 0 aliphatic carbocycles. The van der Waals surface area contributed by atoms with Crippen LogP contribution in [0, 0.1) is 5.92 Å². The minimum absolute atomic E-state index is 0.419. The van der Waals surface area contributed by atoms with Crippen molar-refractivity contribution in [2.75, 3.05) is 5.75 Å². The lowest BCUT2D eigenvalue weighted by Gasteiger charge is -2.04. The lowest BCUT2D eigenvalue weighted by Crippen LogP contribution is -2.08. The fourth-order valence-electron chi connectivity index (χ4n) is 0.835. The number of hydrogen-bond acceptors (Lipinski definition) is 3. The molecule has 1 aromatic heterocycles. The van der Waals surface area contributed by atoms with E-state index >= 15 is 0 Å². The van der Waals surface area contributed by atoms with E-state index in [9.17, 15) is 4.55 Å². The average molecular weight is 294 g/mol. The van der Waals surface area contributed by atoms with Crippen molar-refractivity contribution in [3.8, 4) is 0 Å². The van der Waals surface area contributed by atoms with E-state index in [2.05, 4.69) is 20.3 Å². The Bertz CT molecular complexity index is 312. The van der Waals surface area contributed by atoms with Gasteiger partial charge in [-0.05, 0) is 22.0 Å². The lowest BCUT2D eigenvalue weighted by atomic mass is 10.3. The first kappa shape index (κ1) is 12.2. The maximum absolute atomic E-state index is 11.3. The van der Waals surface area contributed by atoms with Crippen molar-refractivity contribution in [1.29, 1.82) is 0 Å². The van der Waals surface area contributed by atoms with Gasteiger partial charge in [0.2, 0.25) is 0 Å². The molecular formula is C9H12BrNOS2. The van der Waals surface area contributed by atoms with Gasteiger partial charge in [0.25, 0.3) is 0 Å². The predicted octanol–water partition coefficient (Wildman–Crippen LogP) is 3.25. The molecule has 0 saturated carbocycles. The molecule has 0 fully saturated rings. The Kier molecular flexibility index (Phi) is 5.15. The highest BCUT2D eigenvalue weighted by Gasteiger charge is 2.06. The van der Waals surface area contributed by atoms with Crippen molar-refractivity contribution in [1.82, 2.24) is 0 Å². The van der Waals surface area contributed by atoms with Crippen molar-refractivity contribution >= 4 is 44.8 Å². The number of thiophene rings is 1. The molecule has 0 saturated heterocycles. The van der Waals surface area contributed by atoms with Crippen LogP contribution in [0.2, 0.25) is 0 Å². The van der Waals surface area contributed by atoms with Gasteiger partial charge in [-0.15, -0.1) is 11.3 Å².